The van der Waals surface area contributed by atoms with Crippen LogP contribution in [-0.4, -0.2) is 24.0 Å². The summed E-state index contributed by atoms with van der Waals surface area (Å²) in [7, 11) is 1.99. The van der Waals surface area contributed by atoms with Gasteiger partial charge in [-0.2, -0.15) is 0 Å². The predicted octanol–water partition coefficient (Wildman–Crippen LogP) is -0.122. The molecule has 0 rings (SSSR count). The molecular weight excluding hydrogens is 175 g/mol. The number of amides is 1. The molecule has 0 fully saturated rings. The first-order valence-corrected chi connectivity index (χ1v) is 4.44. The maximum absolute atomic E-state index is 10.5. The Morgan fingerprint density at radius 1 is 1.50 bits per heavy atom. The minimum absolute atomic E-state index is 0.0811. The minimum Gasteiger partial charge on any atom is -0.345 e. The SMILES string of the molecule is CC.CC(NC(=O)CN)C(=O)P. The van der Waals surface area contributed by atoms with Gasteiger partial charge in [0.25, 0.3) is 0 Å². The van der Waals surface area contributed by atoms with Gasteiger partial charge in [0, 0.05) is 0 Å². The molecule has 2 atom stereocenters. The first kappa shape index (κ1) is 14.1. The van der Waals surface area contributed by atoms with E-state index in [1.165, 1.54) is 0 Å². The molecule has 0 heterocycles. The molecule has 0 spiro atoms. The molecule has 0 aromatic carbocycles. The molecule has 0 aromatic rings. The highest BCUT2D eigenvalue weighted by Crippen LogP contribution is 1.91. The van der Waals surface area contributed by atoms with Crippen molar-refractivity contribution in [2.45, 2.75) is 26.8 Å². The highest BCUT2D eigenvalue weighted by atomic mass is 31.0. The lowest BCUT2D eigenvalue weighted by molar-refractivity contribution is -0.123. The summed E-state index contributed by atoms with van der Waals surface area (Å²) in [5, 5.41) is 2.39. The second-order valence-electron chi connectivity index (χ2n) is 1.90. The molecule has 72 valence electrons. The van der Waals surface area contributed by atoms with Gasteiger partial charge < -0.3 is 11.1 Å². The largest absolute Gasteiger partial charge is 0.345 e. The fourth-order valence-corrected chi connectivity index (χ4v) is 0.455. The van der Waals surface area contributed by atoms with Gasteiger partial charge >= 0.3 is 0 Å². The summed E-state index contributed by atoms with van der Waals surface area (Å²) in [5.41, 5.74) is 4.84. The Labute approximate surface area is 75.5 Å². The molecular formula is C7H17N2O2P. The van der Waals surface area contributed by atoms with Crippen molar-refractivity contribution in [3.63, 3.8) is 0 Å². The fraction of sp³-hybridized carbons (Fsp3) is 0.714. The van der Waals surface area contributed by atoms with E-state index in [9.17, 15) is 9.59 Å². The van der Waals surface area contributed by atoms with E-state index in [-0.39, 0.29) is 18.0 Å². The Kier molecular flexibility index (Phi) is 10.1. The van der Waals surface area contributed by atoms with Crippen molar-refractivity contribution in [2.24, 2.45) is 5.73 Å². The smallest absolute Gasteiger partial charge is 0.234 e. The van der Waals surface area contributed by atoms with Crippen LogP contribution < -0.4 is 11.1 Å². The lowest BCUT2D eigenvalue weighted by Crippen LogP contribution is -2.39. The number of hydrogen-bond acceptors (Lipinski definition) is 3. The normalized spacial score (nSPS) is 10.8. The standard InChI is InChI=1S/C5H11N2O2P.C2H6/c1-3(5(9)10)7-4(8)2-6;1-2/h3H,2,6,10H2,1H3,(H,7,8);1-2H3. The van der Waals surface area contributed by atoms with E-state index in [0.717, 1.165) is 0 Å². The van der Waals surface area contributed by atoms with Gasteiger partial charge in [0.2, 0.25) is 5.91 Å². The quantitative estimate of drug-likeness (QED) is 0.612. The summed E-state index contributed by atoms with van der Waals surface area (Å²) in [6.07, 6.45) is 0. The first-order chi connectivity index (χ1) is 5.57. The van der Waals surface area contributed by atoms with Gasteiger partial charge in [-0.15, -0.1) is 0 Å². The lowest BCUT2D eigenvalue weighted by atomic mass is 10.4. The van der Waals surface area contributed by atoms with Crippen molar-refractivity contribution in [1.82, 2.24) is 5.32 Å². The summed E-state index contributed by atoms with van der Waals surface area (Å²) in [5.74, 6) is -0.316. The topological polar surface area (TPSA) is 72.2 Å². The molecule has 0 aromatic heterocycles. The number of carbonyl (C=O) groups is 2. The number of nitrogens with one attached hydrogen (secondary N) is 1. The van der Waals surface area contributed by atoms with Crippen LogP contribution in [-0.2, 0) is 9.59 Å². The summed E-state index contributed by atoms with van der Waals surface area (Å²) in [4.78, 5) is 21.0. The first-order valence-electron chi connectivity index (χ1n) is 3.86. The Morgan fingerprint density at radius 3 is 2.17 bits per heavy atom. The average Bonchev–Trinajstić information content (AvgIpc) is 2.07. The minimum atomic E-state index is -0.457. The number of nitrogens with two attached hydrogens (primary N) is 1. The maximum Gasteiger partial charge on any atom is 0.234 e. The zero-order chi connectivity index (χ0) is 10.1. The highest BCUT2D eigenvalue weighted by Gasteiger charge is 2.08. The van der Waals surface area contributed by atoms with E-state index >= 15 is 0 Å². The molecule has 0 aliphatic rings. The van der Waals surface area contributed by atoms with Crippen molar-refractivity contribution in [2.75, 3.05) is 6.54 Å². The molecule has 2 unspecified atom stereocenters. The molecule has 3 N–H and O–H groups in total. The molecule has 0 saturated carbocycles. The lowest BCUT2D eigenvalue weighted by Gasteiger charge is -2.07. The van der Waals surface area contributed by atoms with Crippen LogP contribution in [0, 0.1) is 0 Å². The van der Waals surface area contributed by atoms with E-state index in [1.807, 2.05) is 23.1 Å². The van der Waals surface area contributed by atoms with Crippen LogP contribution >= 0.6 is 9.24 Å². The van der Waals surface area contributed by atoms with E-state index in [2.05, 4.69) is 5.32 Å². The van der Waals surface area contributed by atoms with Crippen LogP contribution in [0.3, 0.4) is 0 Å². The molecule has 0 aliphatic heterocycles. The molecule has 4 nitrogen and oxygen atoms in total. The van der Waals surface area contributed by atoms with Gasteiger partial charge in [0.15, 0.2) is 5.52 Å². The van der Waals surface area contributed by atoms with E-state index in [4.69, 9.17) is 5.73 Å². The summed E-state index contributed by atoms with van der Waals surface area (Å²) < 4.78 is 0. The van der Waals surface area contributed by atoms with Crippen LogP contribution in [0.25, 0.3) is 0 Å². The van der Waals surface area contributed by atoms with Gasteiger partial charge in [-0.3, -0.25) is 9.59 Å². The van der Waals surface area contributed by atoms with Crippen LogP contribution in [0.5, 0.6) is 0 Å². The van der Waals surface area contributed by atoms with Crippen molar-refractivity contribution in [3.8, 4) is 0 Å². The Bertz CT molecular complexity index is 150. The van der Waals surface area contributed by atoms with Crippen molar-refractivity contribution >= 4 is 20.7 Å². The van der Waals surface area contributed by atoms with Crippen LogP contribution in [0.2, 0.25) is 0 Å². The Morgan fingerprint density at radius 2 is 1.92 bits per heavy atom. The number of carbonyl (C=O) groups excluding carboxylic acids is 2. The van der Waals surface area contributed by atoms with Crippen molar-refractivity contribution in [1.29, 1.82) is 0 Å². The maximum atomic E-state index is 10.5. The number of rotatable bonds is 3. The van der Waals surface area contributed by atoms with Crippen molar-refractivity contribution in [3.05, 3.63) is 0 Å². The van der Waals surface area contributed by atoms with E-state index < -0.39 is 6.04 Å². The molecule has 5 heteroatoms. The van der Waals surface area contributed by atoms with Gasteiger partial charge in [0.1, 0.15) is 0 Å². The van der Waals surface area contributed by atoms with Gasteiger partial charge in [-0.25, -0.2) is 0 Å². The van der Waals surface area contributed by atoms with Crippen molar-refractivity contribution < 1.29 is 9.59 Å². The zero-order valence-corrected chi connectivity index (χ0v) is 8.91. The zero-order valence-electron chi connectivity index (χ0n) is 7.76. The molecule has 1 amide bonds. The van der Waals surface area contributed by atoms with E-state index in [1.54, 1.807) is 6.92 Å². The molecule has 12 heavy (non-hydrogen) atoms. The molecule has 0 bridgehead atoms. The fourth-order valence-electron chi connectivity index (χ4n) is 0.372. The molecule has 0 aliphatic carbocycles. The highest BCUT2D eigenvalue weighted by molar-refractivity contribution is 7.40. The van der Waals surface area contributed by atoms with Crippen LogP contribution in [0.1, 0.15) is 20.8 Å². The Balaban J connectivity index is 0. The van der Waals surface area contributed by atoms with Gasteiger partial charge in [-0.05, 0) is 6.92 Å². The monoisotopic (exact) mass is 192 g/mol. The molecule has 0 radical (unpaired) electrons. The van der Waals surface area contributed by atoms with E-state index in [0.29, 0.717) is 0 Å². The second-order valence-corrected chi connectivity index (χ2v) is 2.46. The molecule has 0 saturated heterocycles. The Hall–Kier alpha value is -0.470. The second kappa shape index (κ2) is 8.62. The van der Waals surface area contributed by atoms with Crippen LogP contribution in [0.15, 0.2) is 0 Å². The van der Waals surface area contributed by atoms with Crippen LogP contribution in [0.4, 0.5) is 0 Å². The summed E-state index contributed by atoms with van der Waals surface area (Å²) in [6, 6.07) is -0.457. The summed E-state index contributed by atoms with van der Waals surface area (Å²) >= 11 is 0. The number of hydrogen-bond donors (Lipinski definition) is 2. The third kappa shape index (κ3) is 7.63. The summed E-state index contributed by atoms with van der Waals surface area (Å²) in [6.45, 7) is 5.52. The third-order valence-corrected chi connectivity index (χ3v) is 1.49. The third-order valence-electron chi connectivity index (χ3n) is 0.990. The van der Waals surface area contributed by atoms with Gasteiger partial charge in [0.05, 0.1) is 12.6 Å². The van der Waals surface area contributed by atoms with Gasteiger partial charge in [-0.1, -0.05) is 23.1 Å². The predicted molar refractivity (Wildman–Crippen MR) is 52.7 cm³/mol. The average molecular weight is 192 g/mol.